The van der Waals surface area contributed by atoms with Crippen LogP contribution >= 0.6 is 19.8 Å². The number of rotatable bonds is 8. The van der Waals surface area contributed by atoms with Gasteiger partial charge in [-0.2, -0.15) is 0 Å². The van der Waals surface area contributed by atoms with E-state index in [1.54, 1.807) is 30.3 Å². The molecule has 0 unspecified atom stereocenters. The number of benzene rings is 2. The van der Waals surface area contributed by atoms with Gasteiger partial charge in [0.2, 0.25) is 11.8 Å². The summed E-state index contributed by atoms with van der Waals surface area (Å²) in [6.07, 6.45) is 0. The number of carbonyl (C=O) groups excluding carboxylic acids is 1. The van der Waals surface area contributed by atoms with E-state index in [9.17, 15) is 4.79 Å². The fraction of sp³-hybridized carbons (Fsp3) is 0.259. The Morgan fingerprint density at radius 3 is 2.22 bits per heavy atom. The van der Waals surface area contributed by atoms with Gasteiger partial charge in [-0.15, -0.1) is 0 Å². The van der Waals surface area contributed by atoms with Crippen molar-refractivity contribution in [2.75, 3.05) is 24.5 Å². The van der Waals surface area contributed by atoms with Gasteiger partial charge in [0, 0.05) is 0 Å². The molecule has 1 N–H and O–H groups in total. The minimum absolute atomic E-state index is 0.0462. The zero-order valence-electron chi connectivity index (χ0n) is 21.5. The molecule has 2 aromatic carbocycles. The Bertz CT molecular complexity index is 1360. The molecule has 0 aliphatic rings. The van der Waals surface area contributed by atoms with E-state index >= 15 is 0 Å². The first-order valence-electron chi connectivity index (χ1n) is 11.4. The Morgan fingerprint density at radius 1 is 0.946 bits per heavy atom. The van der Waals surface area contributed by atoms with E-state index in [0.29, 0.717) is 28.8 Å². The second-order valence-corrected chi connectivity index (χ2v) is 14.1. The number of hydrogen-bond donors (Lipinski definition) is 1. The normalized spacial score (nSPS) is 11.6. The zero-order valence-corrected chi connectivity index (χ0v) is 23.7. The van der Waals surface area contributed by atoms with Crippen LogP contribution in [0.25, 0.3) is 0 Å². The third-order valence-electron chi connectivity index (χ3n) is 5.32. The van der Waals surface area contributed by atoms with Gasteiger partial charge in [0.15, 0.2) is 0 Å². The van der Waals surface area contributed by atoms with Gasteiger partial charge < -0.3 is 9.47 Å². The van der Waals surface area contributed by atoms with Crippen LogP contribution in [0.3, 0.4) is 0 Å². The van der Waals surface area contributed by atoms with E-state index in [1.165, 1.54) is 17.8 Å². The standard InChI is InChI=1S/C27H29IN4O5/c1-27(2,3)21-15-22(32-37-21)28(4)18-10-12-19(13-11-18)29-25(33)17-8-7-9-20(14-17)36-26-30-23(34-5)16-24(31-26)35-6/h7-16H,1-6H3,(H,29,33). The van der Waals surface area contributed by atoms with Gasteiger partial charge >= 0.3 is 182 Å². The summed E-state index contributed by atoms with van der Waals surface area (Å²) in [6, 6.07) is 18.3. The Balaban J connectivity index is 1.43. The molecule has 0 bridgehead atoms. The third kappa shape index (κ3) is 6.56. The number of nitrogens with zero attached hydrogens (tertiary/aromatic N) is 3. The number of carbonyl (C=O) groups is 1. The number of aromatic nitrogens is 3. The molecular formula is C27H29IN4O5. The second kappa shape index (κ2) is 11.2. The van der Waals surface area contributed by atoms with Crippen molar-refractivity contribution in [3.05, 3.63) is 79.3 Å². The van der Waals surface area contributed by atoms with Crippen molar-refractivity contribution in [3.63, 3.8) is 0 Å². The number of ether oxygens (including phenoxy) is 3. The molecule has 2 aromatic heterocycles. The van der Waals surface area contributed by atoms with Crippen LogP contribution in [0.4, 0.5) is 5.69 Å². The predicted molar refractivity (Wildman–Crippen MR) is 149 cm³/mol. The fourth-order valence-electron chi connectivity index (χ4n) is 3.22. The molecule has 2 heterocycles. The molecular weight excluding hydrogens is 587 g/mol. The van der Waals surface area contributed by atoms with Gasteiger partial charge in [0.25, 0.3) is 0 Å². The summed E-state index contributed by atoms with van der Waals surface area (Å²) in [4.78, 5) is 23.4. The summed E-state index contributed by atoms with van der Waals surface area (Å²) in [6.45, 7) is 6.32. The van der Waals surface area contributed by atoms with Gasteiger partial charge in [-0.25, -0.2) is 0 Å². The van der Waals surface area contributed by atoms with Crippen molar-refractivity contribution < 1.29 is 23.5 Å². The van der Waals surface area contributed by atoms with Gasteiger partial charge in [0.05, 0.1) is 20.3 Å². The van der Waals surface area contributed by atoms with E-state index < -0.39 is 19.8 Å². The molecule has 4 aromatic rings. The molecule has 10 heteroatoms. The molecule has 194 valence electrons. The van der Waals surface area contributed by atoms with Crippen LogP contribution in [0.5, 0.6) is 23.5 Å². The molecule has 0 aliphatic carbocycles. The SMILES string of the molecule is COc1cc(OC)nc(Oc2cccc(C(=O)Nc3ccc(I(C)c4cc(C(C)(C)C)on4)cc3)c2)n1. The van der Waals surface area contributed by atoms with Gasteiger partial charge in [-0.3, -0.25) is 0 Å². The first-order chi connectivity index (χ1) is 17.7. The third-order valence-corrected chi connectivity index (χ3v) is 10.1. The first-order valence-corrected chi connectivity index (χ1v) is 15.7. The minimum atomic E-state index is -1.70. The van der Waals surface area contributed by atoms with E-state index in [4.69, 9.17) is 18.7 Å². The predicted octanol–water partition coefficient (Wildman–Crippen LogP) is 6.00. The Morgan fingerprint density at radius 2 is 1.62 bits per heavy atom. The van der Waals surface area contributed by atoms with Crippen LogP contribution in [-0.2, 0) is 5.41 Å². The molecule has 4 rings (SSSR count). The van der Waals surface area contributed by atoms with Crippen molar-refractivity contribution in [1.82, 2.24) is 15.1 Å². The number of methoxy groups -OCH3 is 2. The van der Waals surface area contributed by atoms with E-state index in [1.807, 2.05) is 24.3 Å². The van der Waals surface area contributed by atoms with Crippen molar-refractivity contribution >= 4 is 31.4 Å². The van der Waals surface area contributed by atoms with Gasteiger partial charge in [0.1, 0.15) is 0 Å². The van der Waals surface area contributed by atoms with E-state index in [0.717, 1.165) is 9.46 Å². The molecule has 37 heavy (non-hydrogen) atoms. The fourth-order valence-corrected chi connectivity index (χ4v) is 6.44. The monoisotopic (exact) mass is 616 g/mol. The van der Waals surface area contributed by atoms with Crippen molar-refractivity contribution in [2.24, 2.45) is 0 Å². The summed E-state index contributed by atoms with van der Waals surface area (Å²) < 4.78 is 23.9. The number of nitrogens with one attached hydrogen (secondary N) is 1. The molecule has 0 radical (unpaired) electrons. The summed E-state index contributed by atoms with van der Waals surface area (Å²) in [5.41, 5.74) is 1.05. The average molecular weight is 616 g/mol. The van der Waals surface area contributed by atoms with Crippen LogP contribution in [-0.4, -0.2) is 40.2 Å². The summed E-state index contributed by atoms with van der Waals surface area (Å²) >= 11 is -1.70. The number of halogens is 1. The molecule has 0 atom stereocenters. The van der Waals surface area contributed by atoms with Gasteiger partial charge in [-0.05, 0) is 0 Å². The van der Waals surface area contributed by atoms with Crippen molar-refractivity contribution in [3.8, 4) is 23.5 Å². The Labute approximate surface area is 222 Å². The molecule has 9 nitrogen and oxygen atoms in total. The quantitative estimate of drug-likeness (QED) is 0.190. The Hall–Kier alpha value is -3.67. The number of amides is 1. The first kappa shape index (κ1) is 26.4. The maximum absolute atomic E-state index is 12.9. The number of hydrogen-bond acceptors (Lipinski definition) is 8. The van der Waals surface area contributed by atoms with Gasteiger partial charge in [-0.1, -0.05) is 0 Å². The molecule has 0 aliphatic heterocycles. The van der Waals surface area contributed by atoms with Crippen molar-refractivity contribution in [2.45, 2.75) is 26.2 Å². The van der Waals surface area contributed by atoms with Crippen LogP contribution < -0.4 is 19.5 Å². The van der Waals surface area contributed by atoms with Crippen LogP contribution in [0, 0.1) is 7.27 Å². The zero-order chi connectivity index (χ0) is 26.6. The summed E-state index contributed by atoms with van der Waals surface area (Å²) in [5, 5.41) is 7.25. The van der Waals surface area contributed by atoms with Crippen LogP contribution in [0.15, 0.2) is 65.2 Å². The summed E-state index contributed by atoms with van der Waals surface area (Å²) in [5.74, 6) is 1.63. The summed E-state index contributed by atoms with van der Waals surface area (Å²) in [7, 11) is 2.98. The Kier molecular flexibility index (Phi) is 7.96. The number of alkyl halides is 1. The van der Waals surface area contributed by atoms with Crippen LogP contribution in [0.2, 0.25) is 0 Å². The maximum atomic E-state index is 12.9. The molecule has 1 amide bonds. The molecule has 0 saturated heterocycles. The molecule has 0 saturated carbocycles. The van der Waals surface area contributed by atoms with E-state index in [-0.39, 0.29) is 17.3 Å². The number of anilines is 1. The molecule has 0 spiro atoms. The van der Waals surface area contributed by atoms with E-state index in [2.05, 4.69) is 52.2 Å². The average Bonchev–Trinajstić information content (AvgIpc) is 3.40. The van der Waals surface area contributed by atoms with Crippen LogP contribution in [0.1, 0.15) is 36.9 Å². The topological polar surface area (TPSA) is 109 Å². The van der Waals surface area contributed by atoms with Crippen molar-refractivity contribution in [1.29, 1.82) is 0 Å². The second-order valence-electron chi connectivity index (χ2n) is 9.06. The molecule has 0 fully saturated rings.